The van der Waals surface area contributed by atoms with E-state index in [0.29, 0.717) is 58.4 Å². The van der Waals surface area contributed by atoms with Crippen LogP contribution in [0.1, 0.15) is 35.3 Å². The van der Waals surface area contributed by atoms with Gasteiger partial charge in [0.25, 0.3) is 0 Å². The minimum Gasteiger partial charge on any atom is -0.325 e. The highest BCUT2D eigenvalue weighted by atomic mass is 35.5. The standard InChI is InChI=1S/C24H23ClF3N7S/c1-2-6-30-12-24(29)11-18-19(17-5-8-35(33-17)23(27)28)20(15-4-3-14(26)10-16(15)25)32-21(34(18)13-24)22-31-7-9-36-22/h2-5,7-10,20,23,30H,1,6,11-13,29H2/t20-,24-/m0/s1. The van der Waals surface area contributed by atoms with Crippen molar-refractivity contribution >= 4 is 34.3 Å². The van der Waals surface area contributed by atoms with Crippen LogP contribution in [-0.4, -0.2) is 50.7 Å². The lowest BCUT2D eigenvalue weighted by molar-refractivity contribution is 0.0564. The number of nitrogens with one attached hydrogen (secondary N) is 1. The summed E-state index contributed by atoms with van der Waals surface area (Å²) in [7, 11) is 0. The number of amidine groups is 1. The molecule has 2 aromatic heterocycles. The second-order valence-electron chi connectivity index (χ2n) is 8.72. The molecule has 0 spiro atoms. The van der Waals surface area contributed by atoms with Crippen molar-refractivity contribution in [2.24, 2.45) is 10.7 Å². The molecule has 2 aliphatic heterocycles. The highest BCUT2D eigenvalue weighted by Crippen LogP contribution is 2.47. The highest BCUT2D eigenvalue weighted by molar-refractivity contribution is 7.11. The van der Waals surface area contributed by atoms with E-state index in [1.54, 1.807) is 18.3 Å². The fraction of sp³-hybridized carbons (Fsp3) is 0.292. The van der Waals surface area contributed by atoms with Crippen LogP contribution in [0.2, 0.25) is 5.02 Å². The van der Waals surface area contributed by atoms with Crippen LogP contribution in [0.3, 0.4) is 0 Å². The number of thiazole rings is 1. The molecule has 2 atom stereocenters. The molecular weight excluding hydrogens is 511 g/mol. The summed E-state index contributed by atoms with van der Waals surface area (Å²) in [4.78, 5) is 11.4. The summed E-state index contributed by atoms with van der Waals surface area (Å²) in [6.07, 6.45) is 5.08. The molecule has 1 aromatic carbocycles. The number of alkyl halides is 2. The fourth-order valence-corrected chi connectivity index (χ4v) is 5.54. The van der Waals surface area contributed by atoms with Gasteiger partial charge in [-0.15, -0.1) is 17.9 Å². The van der Waals surface area contributed by atoms with Crippen LogP contribution in [0.15, 0.2) is 65.4 Å². The van der Waals surface area contributed by atoms with E-state index in [-0.39, 0.29) is 5.02 Å². The Hall–Kier alpha value is -2.99. The second kappa shape index (κ2) is 9.81. The third-order valence-electron chi connectivity index (χ3n) is 6.14. The predicted molar refractivity (Wildman–Crippen MR) is 135 cm³/mol. The summed E-state index contributed by atoms with van der Waals surface area (Å²) >= 11 is 7.90. The number of halogens is 4. The van der Waals surface area contributed by atoms with Gasteiger partial charge in [-0.05, 0) is 18.2 Å². The summed E-state index contributed by atoms with van der Waals surface area (Å²) in [6.45, 7) is 2.44. The Morgan fingerprint density at radius 2 is 2.19 bits per heavy atom. The van der Waals surface area contributed by atoms with Crippen molar-refractivity contribution in [3.63, 3.8) is 0 Å². The van der Waals surface area contributed by atoms with E-state index in [1.807, 2.05) is 10.3 Å². The number of nitrogens with zero attached hydrogens (tertiary/aromatic N) is 5. The number of aliphatic imine (C=N–C) groups is 1. The van der Waals surface area contributed by atoms with Gasteiger partial charge in [0.05, 0.1) is 11.2 Å². The maximum absolute atomic E-state index is 13.9. The number of hydrogen-bond acceptors (Lipinski definition) is 7. The van der Waals surface area contributed by atoms with Gasteiger partial charge in [0.2, 0.25) is 0 Å². The topological polar surface area (TPSA) is 84.4 Å². The van der Waals surface area contributed by atoms with E-state index in [0.717, 1.165) is 5.70 Å². The zero-order valence-electron chi connectivity index (χ0n) is 19.0. The van der Waals surface area contributed by atoms with Crippen LogP contribution in [0.25, 0.3) is 5.57 Å². The average Bonchev–Trinajstić information content (AvgIpc) is 3.58. The Labute approximate surface area is 214 Å². The number of nitrogens with two attached hydrogens (primary N) is 1. The molecule has 188 valence electrons. The Kier molecular flexibility index (Phi) is 6.73. The molecule has 1 fully saturated rings. The quantitative estimate of drug-likeness (QED) is 0.326. The molecule has 1 saturated heterocycles. The molecule has 2 aliphatic rings. The van der Waals surface area contributed by atoms with Crippen LogP contribution >= 0.6 is 22.9 Å². The highest BCUT2D eigenvalue weighted by Gasteiger charge is 2.46. The Balaban J connectivity index is 1.70. The van der Waals surface area contributed by atoms with Crippen LogP contribution in [0.4, 0.5) is 13.2 Å². The molecular formula is C24H23ClF3N7S. The molecule has 3 N–H and O–H groups in total. The Bertz CT molecular complexity index is 1340. The van der Waals surface area contributed by atoms with E-state index in [2.05, 4.69) is 22.0 Å². The van der Waals surface area contributed by atoms with Crippen molar-refractivity contribution in [3.8, 4) is 0 Å². The van der Waals surface area contributed by atoms with Crippen molar-refractivity contribution in [2.75, 3.05) is 19.6 Å². The van der Waals surface area contributed by atoms with Crippen molar-refractivity contribution in [2.45, 2.75) is 24.6 Å². The van der Waals surface area contributed by atoms with Gasteiger partial charge in [0.1, 0.15) is 11.9 Å². The first kappa shape index (κ1) is 24.7. The minimum atomic E-state index is -2.80. The SMILES string of the molecule is C=CCNC[C@@]1(N)CC2=C(c3ccn(C(F)F)n3)[C@H](c3ccc(F)cc3Cl)N=C(c3nccs3)N2C1. The summed E-state index contributed by atoms with van der Waals surface area (Å²) in [5.41, 5.74) is 8.39. The van der Waals surface area contributed by atoms with Gasteiger partial charge in [-0.2, -0.15) is 13.9 Å². The summed E-state index contributed by atoms with van der Waals surface area (Å²) < 4.78 is 41.4. The lowest BCUT2D eigenvalue weighted by Gasteiger charge is -2.32. The van der Waals surface area contributed by atoms with Gasteiger partial charge >= 0.3 is 6.55 Å². The number of rotatable bonds is 8. The van der Waals surface area contributed by atoms with Crippen LogP contribution in [0.5, 0.6) is 0 Å². The third kappa shape index (κ3) is 4.59. The molecule has 5 rings (SSSR count). The molecule has 36 heavy (non-hydrogen) atoms. The van der Waals surface area contributed by atoms with Gasteiger partial charge in [0, 0.05) is 65.7 Å². The molecule has 0 saturated carbocycles. The third-order valence-corrected chi connectivity index (χ3v) is 7.24. The summed E-state index contributed by atoms with van der Waals surface area (Å²) in [5, 5.41) is 10.1. The first-order valence-corrected chi connectivity index (χ1v) is 12.4. The van der Waals surface area contributed by atoms with Gasteiger partial charge in [-0.25, -0.2) is 14.1 Å². The molecule has 7 nitrogen and oxygen atoms in total. The lowest BCUT2D eigenvalue weighted by atomic mass is 9.90. The molecule has 3 aromatic rings. The Morgan fingerprint density at radius 3 is 2.86 bits per heavy atom. The smallest absolute Gasteiger partial charge is 0.325 e. The van der Waals surface area contributed by atoms with Crippen molar-refractivity contribution in [1.29, 1.82) is 0 Å². The number of fused-ring (bicyclic) bond motifs is 1. The lowest BCUT2D eigenvalue weighted by Crippen LogP contribution is -2.51. The van der Waals surface area contributed by atoms with Gasteiger partial charge in [-0.1, -0.05) is 23.7 Å². The first-order chi connectivity index (χ1) is 17.3. The largest absolute Gasteiger partial charge is 0.333 e. The molecule has 0 amide bonds. The number of benzene rings is 1. The molecule has 0 bridgehead atoms. The molecule has 0 unspecified atom stereocenters. The van der Waals surface area contributed by atoms with Gasteiger partial charge in [-0.3, -0.25) is 4.99 Å². The van der Waals surface area contributed by atoms with E-state index >= 15 is 0 Å². The number of aromatic nitrogens is 3. The van der Waals surface area contributed by atoms with Crippen LogP contribution in [-0.2, 0) is 0 Å². The zero-order chi connectivity index (χ0) is 25.4. The summed E-state index contributed by atoms with van der Waals surface area (Å²) in [6, 6.07) is 4.86. The summed E-state index contributed by atoms with van der Waals surface area (Å²) in [5.74, 6) is 0.107. The Morgan fingerprint density at radius 1 is 1.36 bits per heavy atom. The maximum Gasteiger partial charge on any atom is 0.333 e. The second-order valence-corrected chi connectivity index (χ2v) is 10.0. The van der Waals surface area contributed by atoms with Crippen molar-refractivity contribution in [1.82, 2.24) is 25.0 Å². The normalized spacial score (nSPS) is 21.8. The van der Waals surface area contributed by atoms with E-state index < -0.39 is 23.9 Å². The monoisotopic (exact) mass is 533 g/mol. The van der Waals surface area contributed by atoms with Crippen molar-refractivity contribution in [3.05, 3.63) is 87.5 Å². The minimum absolute atomic E-state index is 0.173. The van der Waals surface area contributed by atoms with E-state index in [9.17, 15) is 13.2 Å². The first-order valence-electron chi connectivity index (χ1n) is 11.2. The fourth-order valence-electron chi connectivity index (χ4n) is 4.63. The molecule has 4 heterocycles. The van der Waals surface area contributed by atoms with Crippen molar-refractivity contribution < 1.29 is 13.2 Å². The van der Waals surface area contributed by atoms with Gasteiger partial charge in [0.15, 0.2) is 10.8 Å². The zero-order valence-corrected chi connectivity index (χ0v) is 20.6. The average molecular weight is 534 g/mol. The van der Waals surface area contributed by atoms with Crippen LogP contribution in [0, 0.1) is 5.82 Å². The van der Waals surface area contributed by atoms with Crippen LogP contribution < -0.4 is 11.1 Å². The number of hydrogen-bond donors (Lipinski definition) is 2. The molecule has 12 heteroatoms. The van der Waals surface area contributed by atoms with Gasteiger partial charge < -0.3 is 16.0 Å². The maximum atomic E-state index is 13.9. The molecule has 0 radical (unpaired) electrons. The predicted octanol–water partition coefficient (Wildman–Crippen LogP) is 4.62. The molecule has 0 aliphatic carbocycles. The van der Waals surface area contributed by atoms with E-state index in [4.69, 9.17) is 22.3 Å². The van der Waals surface area contributed by atoms with E-state index in [1.165, 1.54) is 35.7 Å².